The largest absolute Gasteiger partial charge is 0.384 e. The van der Waals surface area contributed by atoms with Crippen molar-refractivity contribution >= 4 is 5.69 Å². The highest BCUT2D eigenvalue weighted by Crippen LogP contribution is 2.20. The minimum atomic E-state index is -0.0755. The maximum Gasteiger partial charge on any atom is 0.104 e. The molecule has 1 saturated heterocycles. The topological polar surface area (TPSA) is 23.5 Å². The van der Waals surface area contributed by atoms with E-state index in [1.807, 2.05) is 12.1 Å². The molecule has 0 aromatic heterocycles. The van der Waals surface area contributed by atoms with Crippen LogP contribution in [0.1, 0.15) is 24.8 Å². The molecule has 0 radical (unpaired) electrons. The fourth-order valence-electron chi connectivity index (χ4n) is 2.07. The highest BCUT2D eigenvalue weighted by Gasteiger charge is 2.10. The van der Waals surface area contributed by atoms with Crippen molar-refractivity contribution in [2.24, 2.45) is 0 Å². The molecule has 0 saturated carbocycles. The van der Waals surface area contributed by atoms with E-state index in [9.17, 15) is 0 Å². The second-order valence-electron chi connectivity index (χ2n) is 4.06. The Morgan fingerprint density at radius 3 is 2.75 bits per heavy atom. The minimum Gasteiger partial charge on any atom is -0.384 e. The number of nitrogens with zero attached hydrogens (tertiary/aromatic N) is 1. The van der Waals surface area contributed by atoms with Crippen LogP contribution in [0, 0.1) is 11.8 Å². The molecule has 0 amide bonds. The first-order valence-corrected chi connectivity index (χ1v) is 5.85. The van der Waals surface area contributed by atoms with Crippen molar-refractivity contribution in [3.05, 3.63) is 29.8 Å². The van der Waals surface area contributed by atoms with Crippen LogP contribution in [0.4, 0.5) is 5.69 Å². The normalized spacial score (nSPS) is 15.4. The third-order valence-electron chi connectivity index (χ3n) is 2.88. The molecule has 1 N–H and O–H groups in total. The first kappa shape index (κ1) is 11.0. The zero-order chi connectivity index (χ0) is 11.2. The van der Waals surface area contributed by atoms with Gasteiger partial charge in [-0.15, -0.1) is 0 Å². The molecule has 0 atom stereocenters. The van der Waals surface area contributed by atoms with Crippen molar-refractivity contribution in [3.8, 4) is 11.8 Å². The summed E-state index contributed by atoms with van der Waals surface area (Å²) < 4.78 is 0. The lowest BCUT2D eigenvalue weighted by atomic mass is 10.1. The maximum atomic E-state index is 8.66. The number of piperidine rings is 1. The van der Waals surface area contributed by atoms with Gasteiger partial charge in [-0.05, 0) is 37.5 Å². The average molecular weight is 215 g/mol. The number of benzene rings is 1. The Labute approximate surface area is 96.9 Å². The molecule has 16 heavy (non-hydrogen) atoms. The standard InChI is InChI=1S/C14H17NO/c16-11-5-7-13-6-4-8-14(12-13)15-9-2-1-3-10-15/h4,6,8,12,16H,1-3,9-11H2. The lowest BCUT2D eigenvalue weighted by Gasteiger charge is -2.28. The second kappa shape index (κ2) is 5.58. The molecule has 1 aromatic rings. The number of hydrogen-bond donors (Lipinski definition) is 1. The van der Waals surface area contributed by atoms with Crippen molar-refractivity contribution in [2.75, 3.05) is 24.6 Å². The number of anilines is 1. The molecular weight excluding hydrogens is 198 g/mol. The van der Waals surface area contributed by atoms with E-state index in [4.69, 9.17) is 5.11 Å². The van der Waals surface area contributed by atoms with E-state index in [0.717, 1.165) is 18.7 Å². The van der Waals surface area contributed by atoms with Gasteiger partial charge in [0, 0.05) is 24.3 Å². The SMILES string of the molecule is OCC#Cc1cccc(N2CCCCC2)c1. The van der Waals surface area contributed by atoms with E-state index in [1.54, 1.807) is 0 Å². The third-order valence-corrected chi connectivity index (χ3v) is 2.88. The van der Waals surface area contributed by atoms with Crippen LogP contribution in [0.3, 0.4) is 0 Å². The van der Waals surface area contributed by atoms with E-state index in [2.05, 4.69) is 28.9 Å². The van der Waals surface area contributed by atoms with E-state index in [-0.39, 0.29) is 6.61 Å². The predicted molar refractivity (Wildman–Crippen MR) is 66.5 cm³/mol. The zero-order valence-corrected chi connectivity index (χ0v) is 9.45. The van der Waals surface area contributed by atoms with Crippen LogP contribution in [0.15, 0.2) is 24.3 Å². The lowest BCUT2D eigenvalue weighted by molar-refractivity contribution is 0.350. The van der Waals surface area contributed by atoms with E-state index in [1.165, 1.54) is 24.9 Å². The van der Waals surface area contributed by atoms with Gasteiger partial charge in [0.2, 0.25) is 0 Å². The molecular formula is C14H17NO. The number of aliphatic hydroxyl groups is 1. The van der Waals surface area contributed by atoms with Gasteiger partial charge in [-0.3, -0.25) is 0 Å². The first-order valence-electron chi connectivity index (χ1n) is 5.85. The summed E-state index contributed by atoms with van der Waals surface area (Å²) >= 11 is 0. The van der Waals surface area contributed by atoms with Crippen LogP contribution in [0.25, 0.3) is 0 Å². The summed E-state index contributed by atoms with van der Waals surface area (Å²) in [5, 5.41) is 8.66. The molecule has 84 valence electrons. The monoisotopic (exact) mass is 215 g/mol. The fourth-order valence-corrected chi connectivity index (χ4v) is 2.07. The Morgan fingerprint density at radius 2 is 2.00 bits per heavy atom. The van der Waals surface area contributed by atoms with Gasteiger partial charge in [0.25, 0.3) is 0 Å². The summed E-state index contributed by atoms with van der Waals surface area (Å²) in [6, 6.07) is 8.25. The van der Waals surface area contributed by atoms with Gasteiger partial charge in [-0.1, -0.05) is 17.9 Å². The smallest absolute Gasteiger partial charge is 0.104 e. The van der Waals surface area contributed by atoms with Crippen molar-refractivity contribution in [1.82, 2.24) is 0 Å². The Balaban J connectivity index is 2.14. The van der Waals surface area contributed by atoms with E-state index in [0.29, 0.717) is 0 Å². The van der Waals surface area contributed by atoms with Crippen molar-refractivity contribution in [1.29, 1.82) is 0 Å². The van der Waals surface area contributed by atoms with Crippen LogP contribution in [-0.2, 0) is 0 Å². The number of rotatable bonds is 1. The molecule has 0 bridgehead atoms. The fraction of sp³-hybridized carbons (Fsp3) is 0.429. The molecule has 1 fully saturated rings. The van der Waals surface area contributed by atoms with Crippen molar-refractivity contribution in [2.45, 2.75) is 19.3 Å². The summed E-state index contributed by atoms with van der Waals surface area (Å²) in [7, 11) is 0. The molecule has 2 nitrogen and oxygen atoms in total. The van der Waals surface area contributed by atoms with E-state index < -0.39 is 0 Å². The molecule has 2 rings (SSSR count). The molecule has 0 spiro atoms. The highest BCUT2D eigenvalue weighted by molar-refractivity contribution is 5.52. The van der Waals surface area contributed by atoms with E-state index >= 15 is 0 Å². The van der Waals surface area contributed by atoms with Crippen molar-refractivity contribution in [3.63, 3.8) is 0 Å². The molecule has 1 aromatic carbocycles. The average Bonchev–Trinajstić information content (AvgIpc) is 2.38. The van der Waals surface area contributed by atoms with Crippen LogP contribution >= 0.6 is 0 Å². The Bertz CT molecular complexity index is 397. The second-order valence-corrected chi connectivity index (χ2v) is 4.06. The molecule has 2 heteroatoms. The summed E-state index contributed by atoms with van der Waals surface area (Å²) in [6.07, 6.45) is 3.92. The van der Waals surface area contributed by atoms with Gasteiger partial charge in [0.05, 0.1) is 0 Å². The van der Waals surface area contributed by atoms with Crippen LogP contribution in [0.2, 0.25) is 0 Å². The van der Waals surface area contributed by atoms with Crippen molar-refractivity contribution < 1.29 is 5.11 Å². The van der Waals surface area contributed by atoms with Crippen LogP contribution in [-0.4, -0.2) is 24.8 Å². The first-order chi connectivity index (χ1) is 7.90. The van der Waals surface area contributed by atoms with Gasteiger partial charge < -0.3 is 10.0 Å². The Kier molecular flexibility index (Phi) is 3.85. The Morgan fingerprint density at radius 1 is 1.19 bits per heavy atom. The quantitative estimate of drug-likeness (QED) is 0.724. The molecule has 1 heterocycles. The lowest BCUT2D eigenvalue weighted by Crippen LogP contribution is -2.29. The summed E-state index contributed by atoms with van der Waals surface area (Å²) in [4.78, 5) is 2.41. The van der Waals surface area contributed by atoms with Gasteiger partial charge in [-0.2, -0.15) is 0 Å². The molecule has 0 unspecified atom stereocenters. The van der Waals surface area contributed by atoms with Crippen LogP contribution in [0.5, 0.6) is 0 Å². The molecule has 1 aliphatic heterocycles. The predicted octanol–water partition coefficient (Wildman–Crippen LogP) is 2.02. The molecule has 1 aliphatic rings. The minimum absolute atomic E-state index is 0.0755. The molecule has 0 aliphatic carbocycles. The summed E-state index contributed by atoms with van der Waals surface area (Å²) in [5.74, 6) is 5.63. The van der Waals surface area contributed by atoms with Gasteiger partial charge >= 0.3 is 0 Å². The highest BCUT2D eigenvalue weighted by atomic mass is 16.2. The summed E-state index contributed by atoms with van der Waals surface area (Å²) in [5.41, 5.74) is 2.24. The Hall–Kier alpha value is -1.46. The maximum absolute atomic E-state index is 8.66. The van der Waals surface area contributed by atoms with Crippen LogP contribution < -0.4 is 4.90 Å². The van der Waals surface area contributed by atoms with Gasteiger partial charge in [0.1, 0.15) is 6.61 Å². The third kappa shape index (κ3) is 2.77. The van der Waals surface area contributed by atoms with Gasteiger partial charge in [-0.25, -0.2) is 0 Å². The zero-order valence-electron chi connectivity index (χ0n) is 9.45. The van der Waals surface area contributed by atoms with Gasteiger partial charge in [0.15, 0.2) is 0 Å². The number of aliphatic hydroxyl groups excluding tert-OH is 1. The summed E-state index contributed by atoms with van der Waals surface area (Å²) in [6.45, 7) is 2.22. The number of hydrogen-bond acceptors (Lipinski definition) is 2.